The fourth-order valence-corrected chi connectivity index (χ4v) is 2.56. The van der Waals surface area contributed by atoms with Crippen LogP contribution in [0.5, 0.6) is 0 Å². The van der Waals surface area contributed by atoms with E-state index < -0.39 is 31.1 Å². The van der Waals surface area contributed by atoms with Crippen LogP contribution in [0.15, 0.2) is 6.33 Å². The molecule has 0 aromatic carbocycles. The molecule has 4 atom stereocenters. The van der Waals surface area contributed by atoms with Crippen LogP contribution in [0.1, 0.15) is 19.0 Å². The van der Waals surface area contributed by atoms with Gasteiger partial charge in [0.1, 0.15) is 30.4 Å². The van der Waals surface area contributed by atoms with Crippen molar-refractivity contribution < 1.29 is 24.8 Å². The fourth-order valence-electron chi connectivity index (χ4n) is 2.56. The first-order valence-electron chi connectivity index (χ1n) is 7.76. The van der Waals surface area contributed by atoms with Gasteiger partial charge in [-0.05, 0) is 12.8 Å². The van der Waals surface area contributed by atoms with Gasteiger partial charge < -0.3 is 30.5 Å². The first-order valence-corrected chi connectivity index (χ1v) is 7.76. The summed E-state index contributed by atoms with van der Waals surface area (Å²) in [4.78, 5) is 12.5. The zero-order valence-electron chi connectivity index (χ0n) is 13.5. The quantitative estimate of drug-likeness (QED) is 0.378. The molecule has 2 aromatic heterocycles. The van der Waals surface area contributed by atoms with Gasteiger partial charge in [-0.1, -0.05) is 5.92 Å². The summed E-state index contributed by atoms with van der Waals surface area (Å²) in [5.41, 5.74) is 6.53. The summed E-state index contributed by atoms with van der Waals surface area (Å²) >= 11 is 0. The van der Waals surface area contributed by atoms with E-state index in [1.54, 1.807) is 0 Å². The first-order chi connectivity index (χ1) is 12.1. The van der Waals surface area contributed by atoms with E-state index in [4.69, 9.17) is 15.2 Å². The van der Waals surface area contributed by atoms with E-state index in [-0.39, 0.29) is 18.2 Å². The molecular formula is C15H19N5O5. The minimum absolute atomic E-state index is 0.135. The average Bonchev–Trinajstić information content (AvgIpc) is 3.14. The maximum absolute atomic E-state index is 10.2. The Hall–Kier alpha value is -2.29. The Bertz CT molecular complexity index is 814. The second-order valence-electron chi connectivity index (χ2n) is 5.42. The molecule has 10 heteroatoms. The minimum atomic E-state index is -1.25. The molecular weight excluding hydrogens is 330 g/mol. The largest absolute Gasteiger partial charge is 0.394 e. The molecule has 1 aliphatic heterocycles. The van der Waals surface area contributed by atoms with Crippen LogP contribution in [0.25, 0.3) is 11.2 Å². The molecule has 25 heavy (non-hydrogen) atoms. The highest BCUT2D eigenvalue weighted by molar-refractivity contribution is 5.82. The van der Waals surface area contributed by atoms with Crippen molar-refractivity contribution in [1.29, 1.82) is 0 Å². The lowest BCUT2D eigenvalue weighted by molar-refractivity contribution is -0.0511. The van der Waals surface area contributed by atoms with E-state index in [2.05, 4.69) is 26.8 Å². The number of ether oxygens (including phenoxy) is 2. The Kier molecular flexibility index (Phi) is 5.12. The summed E-state index contributed by atoms with van der Waals surface area (Å²) in [6.45, 7) is 2.23. The maximum Gasteiger partial charge on any atom is 0.209 e. The van der Waals surface area contributed by atoms with Crippen LogP contribution in [0, 0.1) is 11.8 Å². The molecule has 1 fully saturated rings. The number of imidazole rings is 1. The first kappa shape index (κ1) is 17.5. The number of hydrogen-bond acceptors (Lipinski definition) is 9. The third-order valence-corrected chi connectivity index (χ3v) is 3.82. The second kappa shape index (κ2) is 7.30. The van der Waals surface area contributed by atoms with Crippen molar-refractivity contribution in [2.24, 2.45) is 0 Å². The Labute approximate surface area is 143 Å². The third-order valence-electron chi connectivity index (χ3n) is 3.82. The van der Waals surface area contributed by atoms with Crippen LogP contribution >= 0.6 is 0 Å². The summed E-state index contributed by atoms with van der Waals surface area (Å²) in [5.74, 6) is 5.83. The van der Waals surface area contributed by atoms with Crippen molar-refractivity contribution in [2.45, 2.75) is 31.5 Å². The highest BCUT2D eigenvalue weighted by atomic mass is 16.6. The van der Waals surface area contributed by atoms with Crippen molar-refractivity contribution in [3.8, 4) is 11.8 Å². The van der Waals surface area contributed by atoms with Gasteiger partial charge in [-0.2, -0.15) is 0 Å². The molecule has 2 aromatic rings. The average molecular weight is 349 g/mol. The van der Waals surface area contributed by atoms with Gasteiger partial charge in [-0.25, -0.2) is 15.0 Å². The lowest BCUT2D eigenvalue weighted by Gasteiger charge is -2.16. The van der Waals surface area contributed by atoms with Gasteiger partial charge in [0.15, 0.2) is 17.7 Å². The van der Waals surface area contributed by atoms with Crippen LogP contribution in [0.2, 0.25) is 0 Å². The van der Waals surface area contributed by atoms with Crippen molar-refractivity contribution in [3.63, 3.8) is 0 Å². The number of nitrogens with two attached hydrogens (primary N) is 1. The predicted octanol–water partition coefficient (Wildman–Crippen LogP) is -1.59. The van der Waals surface area contributed by atoms with Crippen molar-refractivity contribution >= 4 is 17.0 Å². The number of anilines is 1. The highest BCUT2D eigenvalue weighted by Gasteiger charge is 2.44. The van der Waals surface area contributed by atoms with Gasteiger partial charge in [0, 0.05) is 6.61 Å². The van der Waals surface area contributed by atoms with Gasteiger partial charge in [0.05, 0.1) is 12.9 Å². The summed E-state index contributed by atoms with van der Waals surface area (Å²) in [7, 11) is 0. The van der Waals surface area contributed by atoms with Gasteiger partial charge in [0.25, 0.3) is 0 Å². The molecule has 0 bridgehead atoms. The van der Waals surface area contributed by atoms with E-state index in [1.807, 2.05) is 6.92 Å². The Morgan fingerprint density at radius 1 is 1.36 bits per heavy atom. The molecule has 0 spiro atoms. The summed E-state index contributed by atoms with van der Waals surface area (Å²) < 4.78 is 12.1. The SMILES string of the molecule is CCOCC#Cc1nc(N)c2ncn([C@@H]3O[C@H](CO)C(O)C3O)c2n1. The van der Waals surface area contributed by atoms with Crippen LogP contribution in [0.4, 0.5) is 5.82 Å². The van der Waals surface area contributed by atoms with E-state index in [0.717, 1.165) is 0 Å². The normalized spacial score (nSPS) is 25.9. The van der Waals surface area contributed by atoms with Gasteiger partial charge in [-0.3, -0.25) is 4.57 Å². The molecule has 134 valence electrons. The molecule has 0 aliphatic carbocycles. The van der Waals surface area contributed by atoms with Crippen LogP contribution in [0.3, 0.4) is 0 Å². The third kappa shape index (κ3) is 3.28. The van der Waals surface area contributed by atoms with Crippen molar-refractivity contribution in [2.75, 3.05) is 25.6 Å². The number of hydrogen-bond donors (Lipinski definition) is 4. The molecule has 1 saturated heterocycles. The van der Waals surface area contributed by atoms with Crippen LogP contribution < -0.4 is 5.73 Å². The molecule has 0 saturated carbocycles. The summed E-state index contributed by atoms with van der Waals surface area (Å²) in [6, 6.07) is 0. The topological polar surface area (TPSA) is 149 Å². The van der Waals surface area contributed by atoms with Gasteiger partial charge in [-0.15, -0.1) is 0 Å². The standard InChI is InChI=1S/C15H19N5O5/c1-2-24-5-3-4-9-18-13(16)10-14(19-9)20(7-17-10)15-12(23)11(22)8(6-21)25-15/h7-8,11-12,15,21-23H,2,5-6H2,1H3,(H2,16,18,19)/t8-,11?,12?,15-/m1/s1. The predicted molar refractivity (Wildman–Crippen MR) is 86.1 cm³/mol. The summed E-state index contributed by atoms with van der Waals surface area (Å²) in [5, 5.41) is 29.3. The minimum Gasteiger partial charge on any atom is -0.394 e. The number of aliphatic hydroxyl groups is 3. The zero-order valence-corrected chi connectivity index (χ0v) is 13.5. The molecule has 5 N–H and O–H groups in total. The number of nitrogen functional groups attached to an aromatic ring is 1. The van der Waals surface area contributed by atoms with E-state index in [1.165, 1.54) is 10.9 Å². The molecule has 3 heterocycles. The van der Waals surface area contributed by atoms with Gasteiger partial charge >= 0.3 is 0 Å². The Morgan fingerprint density at radius 3 is 2.84 bits per heavy atom. The highest BCUT2D eigenvalue weighted by Crippen LogP contribution is 2.31. The van der Waals surface area contributed by atoms with E-state index >= 15 is 0 Å². The lowest BCUT2D eigenvalue weighted by Crippen LogP contribution is -2.33. The van der Waals surface area contributed by atoms with Crippen LogP contribution in [-0.4, -0.2) is 73.0 Å². The summed E-state index contributed by atoms with van der Waals surface area (Å²) in [6.07, 6.45) is -2.96. The second-order valence-corrected chi connectivity index (χ2v) is 5.42. The zero-order chi connectivity index (χ0) is 18.0. The monoisotopic (exact) mass is 349 g/mol. The number of rotatable bonds is 4. The van der Waals surface area contributed by atoms with Crippen molar-refractivity contribution in [3.05, 3.63) is 12.2 Å². The van der Waals surface area contributed by atoms with Crippen molar-refractivity contribution in [1.82, 2.24) is 19.5 Å². The smallest absolute Gasteiger partial charge is 0.209 e. The Morgan fingerprint density at radius 2 is 2.16 bits per heavy atom. The number of nitrogens with zero attached hydrogens (tertiary/aromatic N) is 4. The molecule has 0 radical (unpaired) electrons. The van der Waals surface area contributed by atoms with Gasteiger partial charge in [0.2, 0.25) is 5.82 Å². The molecule has 1 aliphatic rings. The maximum atomic E-state index is 10.2. The molecule has 2 unspecified atom stereocenters. The molecule has 0 amide bonds. The van der Waals surface area contributed by atoms with Crippen LogP contribution in [-0.2, 0) is 9.47 Å². The molecule has 10 nitrogen and oxygen atoms in total. The number of aliphatic hydroxyl groups excluding tert-OH is 3. The Balaban J connectivity index is 1.97. The van der Waals surface area contributed by atoms with E-state index in [0.29, 0.717) is 17.8 Å². The number of fused-ring (bicyclic) bond motifs is 1. The fraction of sp³-hybridized carbons (Fsp3) is 0.533. The molecule has 3 rings (SSSR count). The lowest BCUT2D eigenvalue weighted by atomic mass is 10.1. The van der Waals surface area contributed by atoms with E-state index in [9.17, 15) is 15.3 Å². The number of aromatic nitrogens is 4.